The van der Waals surface area contributed by atoms with Crippen LogP contribution in [0.2, 0.25) is 0 Å². The maximum Gasteiger partial charge on any atom is 0.310 e. The molecule has 88 valence electrons. The molecule has 0 aliphatic heterocycles. The Morgan fingerprint density at radius 1 is 1.31 bits per heavy atom. The fraction of sp³-hybridized carbons (Fsp3) is 0.364. The monoisotopic (exact) mass is 224 g/mol. The normalized spacial score (nSPS) is 9.88. The molecule has 16 heavy (non-hydrogen) atoms. The first-order chi connectivity index (χ1) is 7.58. The van der Waals surface area contributed by atoms with Crippen LogP contribution >= 0.6 is 0 Å². The number of nitrogens with two attached hydrogens (primary N) is 2. The van der Waals surface area contributed by atoms with Gasteiger partial charge in [-0.15, -0.1) is 0 Å². The lowest BCUT2D eigenvalue weighted by atomic mass is 10.1. The Morgan fingerprint density at radius 2 is 1.88 bits per heavy atom. The zero-order chi connectivity index (χ0) is 12.1. The van der Waals surface area contributed by atoms with Gasteiger partial charge in [0.15, 0.2) is 0 Å². The van der Waals surface area contributed by atoms with Crippen molar-refractivity contribution in [2.75, 3.05) is 25.2 Å². The molecule has 1 aromatic rings. The number of anilines is 2. The summed E-state index contributed by atoms with van der Waals surface area (Å²) in [7, 11) is 1.53. The molecular weight excluding hydrogens is 208 g/mol. The molecular formula is C11H16N2O3. The van der Waals surface area contributed by atoms with Crippen LogP contribution in [0.4, 0.5) is 11.4 Å². The largest absolute Gasteiger partial charge is 0.497 e. The van der Waals surface area contributed by atoms with Crippen molar-refractivity contribution < 1.29 is 14.3 Å². The Morgan fingerprint density at radius 3 is 2.31 bits per heavy atom. The lowest BCUT2D eigenvalue weighted by Crippen LogP contribution is -2.11. The van der Waals surface area contributed by atoms with E-state index in [-0.39, 0.29) is 12.4 Å². The van der Waals surface area contributed by atoms with Crippen molar-refractivity contribution in [2.24, 2.45) is 0 Å². The van der Waals surface area contributed by atoms with Crippen molar-refractivity contribution in [1.82, 2.24) is 0 Å². The maximum atomic E-state index is 11.3. The van der Waals surface area contributed by atoms with E-state index in [1.54, 1.807) is 19.1 Å². The van der Waals surface area contributed by atoms with Gasteiger partial charge in [0.2, 0.25) is 0 Å². The van der Waals surface area contributed by atoms with Gasteiger partial charge in [-0.3, -0.25) is 4.79 Å². The fourth-order valence-corrected chi connectivity index (χ4v) is 1.37. The average Bonchev–Trinajstić information content (AvgIpc) is 2.23. The number of carbonyl (C=O) groups is 1. The van der Waals surface area contributed by atoms with Gasteiger partial charge in [0.1, 0.15) is 5.75 Å². The number of benzene rings is 1. The van der Waals surface area contributed by atoms with Gasteiger partial charge in [-0.1, -0.05) is 0 Å². The number of carbonyl (C=O) groups excluding carboxylic acids is 1. The van der Waals surface area contributed by atoms with Crippen molar-refractivity contribution in [2.45, 2.75) is 13.3 Å². The minimum atomic E-state index is -0.342. The highest BCUT2D eigenvalue weighted by molar-refractivity contribution is 5.79. The minimum absolute atomic E-state index is 0.0789. The molecule has 5 heteroatoms. The highest BCUT2D eigenvalue weighted by Gasteiger charge is 2.12. The molecule has 0 amide bonds. The molecule has 1 rings (SSSR count). The summed E-state index contributed by atoms with van der Waals surface area (Å²) in [5.74, 6) is 0.230. The molecule has 4 N–H and O–H groups in total. The van der Waals surface area contributed by atoms with E-state index in [0.717, 1.165) is 0 Å². The predicted octanol–water partition coefficient (Wildman–Crippen LogP) is 0.965. The molecule has 0 heterocycles. The van der Waals surface area contributed by atoms with E-state index in [9.17, 15) is 4.79 Å². The topological polar surface area (TPSA) is 87.6 Å². The summed E-state index contributed by atoms with van der Waals surface area (Å²) in [4.78, 5) is 11.3. The number of esters is 1. The van der Waals surface area contributed by atoms with E-state index in [1.165, 1.54) is 7.11 Å². The van der Waals surface area contributed by atoms with E-state index in [2.05, 4.69) is 0 Å². The van der Waals surface area contributed by atoms with Gasteiger partial charge < -0.3 is 20.9 Å². The van der Waals surface area contributed by atoms with Gasteiger partial charge >= 0.3 is 5.97 Å². The van der Waals surface area contributed by atoms with Crippen LogP contribution in [-0.4, -0.2) is 19.7 Å². The van der Waals surface area contributed by atoms with Gasteiger partial charge in [-0.2, -0.15) is 0 Å². The first-order valence-corrected chi connectivity index (χ1v) is 4.96. The third-order valence-corrected chi connectivity index (χ3v) is 2.15. The third kappa shape index (κ3) is 2.79. The molecule has 0 aliphatic carbocycles. The van der Waals surface area contributed by atoms with E-state index in [4.69, 9.17) is 20.9 Å². The van der Waals surface area contributed by atoms with E-state index < -0.39 is 0 Å². The second-order valence-corrected chi connectivity index (χ2v) is 3.27. The van der Waals surface area contributed by atoms with Crippen molar-refractivity contribution >= 4 is 17.3 Å². The zero-order valence-electron chi connectivity index (χ0n) is 9.45. The van der Waals surface area contributed by atoms with Crippen LogP contribution in [0.3, 0.4) is 0 Å². The van der Waals surface area contributed by atoms with Crippen molar-refractivity contribution in [1.29, 1.82) is 0 Å². The van der Waals surface area contributed by atoms with Crippen LogP contribution in [0, 0.1) is 0 Å². The number of nitrogen functional groups attached to an aromatic ring is 2. The predicted molar refractivity (Wildman–Crippen MR) is 62.2 cm³/mol. The fourth-order valence-electron chi connectivity index (χ4n) is 1.37. The highest BCUT2D eigenvalue weighted by atomic mass is 16.5. The molecule has 0 saturated carbocycles. The Labute approximate surface area is 94.3 Å². The van der Waals surface area contributed by atoms with Crippen molar-refractivity contribution in [3.63, 3.8) is 0 Å². The zero-order valence-corrected chi connectivity index (χ0v) is 9.45. The smallest absolute Gasteiger partial charge is 0.310 e. The summed E-state index contributed by atoms with van der Waals surface area (Å²) in [6, 6.07) is 3.26. The molecule has 0 saturated heterocycles. The molecule has 0 bridgehead atoms. The van der Waals surface area contributed by atoms with Crippen LogP contribution in [0.25, 0.3) is 0 Å². The molecule has 0 radical (unpaired) electrons. The second kappa shape index (κ2) is 5.25. The lowest BCUT2D eigenvalue weighted by Gasteiger charge is -2.10. The Balaban J connectivity index is 2.92. The van der Waals surface area contributed by atoms with Crippen LogP contribution in [0.5, 0.6) is 5.75 Å². The molecule has 1 aromatic carbocycles. The van der Waals surface area contributed by atoms with Gasteiger partial charge in [-0.05, 0) is 6.92 Å². The van der Waals surface area contributed by atoms with Crippen molar-refractivity contribution in [3.05, 3.63) is 17.7 Å². The molecule has 0 aromatic heterocycles. The van der Waals surface area contributed by atoms with Crippen LogP contribution in [0.15, 0.2) is 12.1 Å². The van der Waals surface area contributed by atoms with Gasteiger partial charge in [0.05, 0.1) is 20.1 Å². The third-order valence-electron chi connectivity index (χ3n) is 2.15. The van der Waals surface area contributed by atoms with E-state index >= 15 is 0 Å². The summed E-state index contributed by atoms with van der Waals surface area (Å²) in [6.07, 6.45) is 0.0789. The van der Waals surface area contributed by atoms with E-state index in [1.807, 2.05) is 0 Å². The summed E-state index contributed by atoms with van der Waals surface area (Å²) < 4.78 is 9.84. The SMILES string of the molecule is CCOC(=O)Cc1c(N)cc(OC)cc1N. The van der Waals surface area contributed by atoms with Gasteiger partial charge in [0.25, 0.3) is 0 Å². The van der Waals surface area contributed by atoms with Crippen LogP contribution in [0.1, 0.15) is 12.5 Å². The van der Waals surface area contributed by atoms with Gasteiger partial charge in [-0.25, -0.2) is 0 Å². The number of methoxy groups -OCH3 is 1. The summed E-state index contributed by atoms with van der Waals surface area (Å²) in [6.45, 7) is 2.09. The standard InChI is InChI=1S/C11H16N2O3/c1-3-16-11(14)6-8-9(12)4-7(15-2)5-10(8)13/h4-5H,3,6,12-13H2,1-2H3. The summed E-state index contributed by atoms with van der Waals surface area (Å²) >= 11 is 0. The van der Waals surface area contributed by atoms with E-state index in [0.29, 0.717) is 29.3 Å². The van der Waals surface area contributed by atoms with Crippen LogP contribution < -0.4 is 16.2 Å². The molecule has 5 nitrogen and oxygen atoms in total. The summed E-state index contributed by atoms with van der Waals surface area (Å²) in [5.41, 5.74) is 13.0. The second-order valence-electron chi connectivity index (χ2n) is 3.27. The first kappa shape index (κ1) is 12.2. The maximum absolute atomic E-state index is 11.3. The molecule has 0 aliphatic rings. The highest BCUT2D eigenvalue weighted by Crippen LogP contribution is 2.27. The molecule has 0 unspecified atom stereocenters. The van der Waals surface area contributed by atoms with Crippen molar-refractivity contribution in [3.8, 4) is 5.75 Å². The number of rotatable bonds is 4. The number of hydrogen-bond donors (Lipinski definition) is 2. The van der Waals surface area contributed by atoms with Crippen LogP contribution in [-0.2, 0) is 16.0 Å². The quantitative estimate of drug-likeness (QED) is 0.587. The van der Waals surface area contributed by atoms with Gasteiger partial charge in [0, 0.05) is 29.1 Å². The minimum Gasteiger partial charge on any atom is -0.497 e. The summed E-state index contributed by atoms with van der Waals surface area (Å²) in [5, 5.41) is 0. The lowest BCUT2D eigenvalue weighted by molar-refractivity contribution is -0.142. The Kier molecular flexibility index (Phi) is 3.99. The molecule has 0 fully saturated rings. The Bertz CT molecular complexity index is 368. The average molecular weight is 224 g/mol. The molecule has 0 spiro atoms. The Hall–Kier alpha value is -1.91. The molecule has 0 atom stereocenters. The number of hydrogen-bond acceptors (Lipinski definition) is 5. The number of ether oxygens (including phenoxy) is 2. The first-order valence-electron chi connectivity index (χ1n) is 4.96.